The molecule has 4 heteroatoms. The van der Waals surface area contributed by atoms with Crippen LogP contribution in [0.4, 0.5) is 4.39 Å². The minimum Gasteiger partial charge on any atom is -0.481 e. The monoisotopic (exact) mass is 237 g/mol. The van der Waals surface area contributed by atoms with Crippen LogP contribution in [0.5, 0.6) is 0 Å². The molecular formula is C13H16FNO2. The molecule has 1 saturated heterocycles. The van der Waals surface area contributed by atoms with E-state index in [1.165, 1.54) is 6.07 Å². The molecule has 0 bridgehead atoms. The van der Waals surface area contributed by atoms with Gasteiger partial charge >= 0.3 is 5.97 Å². The van der Waals surface area contributed by atoms with Gasteiger partial charge in [0.1, 0.15) is 5.82 Å². The molecule has 1 aromatic rings. The molecule has 3 nitrogen and oxygen atoms in total. The first-order valence-corrected chi connectivity index (χ1v) is 5.77. The second kappa shape index (κ2) is 4.84. The van der Waals surface area contributed by atoms with E-state index in [2.05, 4.69) is 0 Å². The summed E-state index contributed by atoms with van der Waals surface area (Å²) < 4.78 is 13.7. The summed E-state index contributed by atoms with van der Waals surface area (Å²) in [5, 5.41) is 9.05. The molecule has 0 aromatic heterocycles. The Labute approximate surface area is 99.9 Å². The highest BCUT2D eigenvalue weighted by Gasteiger charge is 2.32. The van der Waals surface area contributed by atoms with Crippen LogP contribution < -0.4 is 0 Å². The van der Waals surface area contributed by atoms with Gasteiger partial charge in [0.15, 0.2) is 0 Å². The van der Waals surface area contributed by atoms with Crippen molar-refractivity contribution in [3.8, 4) is 0 Å². The van der Waals surface area contributed by atoms with Gasteiger partial charge in [-0.25, -0.2) is 4.39 Å². The highest BCUT2D eigenvalue weighted by atomic mass is 19.1. The number of rotatable bonds is 2. The van der Waals surface area contributed by atoms with Gasteiger partial charge in [0.05, 0.1) is 5.92 Å². The number of hydrogen-bond acceptors (Lipinski definition) is 2. The van der Waals surface area contributed by atoms with Gasteiger partial charge in [-0.3, -0.25) is 9.69 Å². The second-order valence-electron chi connectivity index (χ2n) is 4.58. The number of carboxylic acid groups (broad SMARTS) is 1. The van der Waals surface area contributed by atoms with E-state index in [4.69, 9.17) is 5.11 Å². The molecule has 2 rings (SSSR count). The van der Waals surface area contributed by atoms with Gasteiger partial charge < -0.3 is 5.11 Å². The lowest BCUT2D eigenvalue weighted by atomic mass is 9.87. The summed E-state index contributed by atoms with van der Waals surface area (Å²) in [7, 11) is 1.91. The van der Waals surface area contributed by atoms with Crippen LogP contribution in [-0.4, -0.2) is 29.6 Å². The van der Waals surface area contributed by atoms with E-state index in [1.807, 2.05) is 11.9 Å². The van der Waals surface area contributed by atoms with Crippen LogP contribution in [0.1, 0.15) is 24.4 Å². The number of benzene rings is 1. The Morgan fingerprint density at radius 2 is 2.18 bits per heavy atom. The minimum absolute atomic E-state index is 0.133. The van der Waals surface area contributed by atoms with Crippen molar-refractivity contribution in [2.24, 2.45) is 5.92 Å². The Bertz CT molecular complexity index is 422. The lowest BCUT2D eigenvalue weighted by molar-refractivity contribution is -0.144. The minimum atomic E-state index is -0.778. The van der Waals surface area contributed by atoms with Crippen molar-refractivity contribution in [2.75, 3.05) is 13.6 Å². The van der Waals surface area contributed by atoms with Gasteiger partial charge in [0.2, 0.25) is 0 Å². The Balaban J connectivity index is 2.24. The Morgan fingerprint density at radius 1 is 1.47 bits per heavy atom. The maximum atomic E-state index is 13.7. The van der Waals surface area contributed by atoms with Crippen molar-refractivity contribution < 1.29 is 14.3 Å². The van der Waals surface area contributed by atoms with Crippen molar-refractivity contribution in [3.63, 3.8) is 0 Å². The van der Waals surface area contributed by atoms with Gasteiger partial charge in [-0.1, -0.05) is 18.2 Å². The fourth-order valence-electron chi connectivity index (χ4n) is 2.42. The molecule has 1 aromatic carbocycles. The average Bonchev–Trinajstić information content (AvgIpc) is 2.30. The topological polar surface area (TPSA) is 40.5 Å². The molecule has 2 unspecified atom stereocenters. The quantitative estimate of drug-likeness (QED) is 0.858. The first-order chi connectivity index (χ1) is 8.09. The third kappa shape index (κ3) is 2.47. The molecule has 1 fully saturated rings. The molecular weight excluding hydrogens is 221 g/mol. The highest BCUT2D eigenvalue weighted by molar-refractivity contribution is 5.70. The van der Waals surface area contributed by atoms with Crippen LogP contribution in [0.25, 0.3) is 0 Å². The number of piperidine rings is 1. The van der Waals surface area contributed by atoms with E-state index in [0.29, 0.717) is 24.9 Å². The van der Waals surface area contributed by atoms with E-state index < -0.39 is 5.97 Å². The standard InChI is InChI=1S/C13H16FNO2/c1-15-7-6-9(13(16)17)8-12(15)10-4-2-3-5-11(10)14/h2-5,9,12H,6-8H2,1H3,(H,16,17). The molecule has 0 amide bonds. The Morgan fingerprint density at radius 3 is 2.82 bits per heavy atom. The molecule has 1 aliphatic heterocycles. The van der Waals surface area contributed by atoms with Crippen LogP contribution in [0.2, 0.25) is 0 Å². The lowest BCUT2D eigenvalue weighted by Crippen LogP contribution is -2.36. The van der Waals surface area contributed by atoms with E-state index in [9.17, 15) is 9.18 Å². The van der Waals surface area contributed by atoms with Crippen LogP contribution >= 0.6 is 0 Å². The maximum absolute atomic E-state index is 13.7. The average molecular weight is 237 g/mol. The Kier molecular flexibility index (Phi) is 3.43. The van der Waals surface area contributed by atoms with Gasteiger partial charge in [-0.2, -0.15) is 0 Å². The van der Waals surface area contributed by atoms with E-state index >= 15 is 0 Å². The van der Waals surface area contributed by atoms with Gasteiger partial charge in [-0.05, 0) is 32.5 Å². The molecule has 0 aliphatic carbocycles. The van der Waals surface area contributed by atoms with Crippen molar-refractivity contribution in [1.82, 2.24) is 4.90 Å². The van der Waals surface area contributed by atoms with Crippen molar-refractivity contribution in [2.45, 2.75) is 18.9 Å². The molecule has 1 N–H and O–H groups in total. The molecule has 17 heavy (non-hydrogen) atoms. The van der Waals surface area contributed by atoms with Crippen molar-refractivity contribution in [3.05, 3.63) is 35.6 Å². The summed E-state index contributed by atoms with van der Waals surface area (Å²) in [6.45, 7) is 0.690. The molecule has 0 spiro atoms. The summed E-state index contributed by atoms with van der Waals surface area (Å²) in [6.07, 6.45) is 1.11. The lowest BCUT2D eigenvalue weighted by Gasteiger charge is -2.35. The summed E-state index contributed by atoms with van der Waals surface area (Å²) in [5.41, 5.74) is 0.598. The number of likely N-dealkylation sites (tertiary alicyclic amines) is 1. The van der Waals surface area contributed by atoms with Gasteiger partial charge in [0, 0.05) is 11.6 Å². The third-order valence-electron chi connectivity index (χ3n) is 3.48. The summed E-state index contributed by atoms with van der Waals surface area (Å²) in [4.78, 5) is 13.0. The fraction of sp³-hybridized carbons (Fsp3) is 0.462. The normalized spacial score (nSPS) is 25.8. The number of carboxylic acids is 1. The predicted octanol–water partition coefficient (Wildman–Crippen LogP) is 2.29. The van der Waals surface area contributed by atoms with E-state index in [1.54, 1.807) is 18.2 Å². The van der Waals surface area contributed by atoms with Crippen molar-refractivity contribution >= 4 is 5.97 Å². The highest BCUT2D eigenvalue weighted by Crippen LogP contribution is 2.34. The molecule has 0 saturated carbocycles. The number of hydrogen-bond donors (Lipinski definition) is 1. The summed E-state index contributed by atoms with van der Waals surface area (Å²) >= 11 is 0. The zero-order valence-electron chi connectivity index (χ0n) is 9.77. The number of carbonyl (C=O) groups is 1. The molecule has 92 valence electrons. The van der Waals surface area contributed by atoms with Crippen molar-refractivity contribution in [1.29, 1.82) is 0 Å². The number of nitrogens with zero attached hydrogens (tertiary/aromatic N) is 1. The SMILES string of the molecule is CN1CCC(C(=O)O)CC1c1ccccc1F. The zero-order chi connectivity index (χ0) is 12.4. The maximum Gasteiger partial charge on any atom is 0.306 e. The first-order valence-electron chi connectivity index (χ1n) is 5.77. The summed E-state index contributed by atoms with van der Waals surface area (Å²) in [6, 6.07) is 6.47. The van der Waals surface area contributed by atoms with Crippen LogP contribution in [0.3, 0.4) is 0 Å². The molecule has 0 radical (unpaired) electrons. The predicted molar refractivity (Wildman–Crippen MR) is 62.1 cm³/mol. The molecule has 1 aliphatic rings. The third-order valence-corrected chi connectivity index (χ3v) is 3.48. The van der Waals surface area contributed by atoms with Crippen LogP contribution in [-0.2, 0) is 4.79 Å². The second-order valence-corrected chi connectivity index (χ2v) is 4.58. The van der Waals surface area contributed by atoms with Gasteiger partial charge in [0.25, 0.3) is 0 Å². The zero-order valence-corrected chi connectivity index (χ0v) is 9.77. The smallest absolute Gasteiger partial charge is 0.306 e. The van der Waals surface area contributed by atoms with Gasteiger partial charge in [-0.15, -0.1) is 0 Å². The first kappa shape index (κ1) is 12.0. The number of halogens is 1. The number of aliphatic carboxylic acids is 1. The molecule has 1 heterocycles. The van der Waals surface area contributed by atoms with Crippen LogP contribution in [0.15, 0.2) is 24.3 Å². The molecule has 2 atom stereocenters. The van der Waals surface area contributed by atoms with E-state index in [-0.39, 0.29) is 17.8 Å². The largest absolute Gasteiger partial charge is 0.481 e. The fourth-order valence-corrected chi connectivity index (χ4v) is 2.42. The Hall–Kier alpha value is -1.42. The van der Waals surface area contributed by atoms with Crippen LogP contribution in [0, 0.1) is 11.7 Å². The van der Waals surface area contributed by atoms with E-state index in [0.717, 1.165) is 0 Å². The summed E-state index contributed by atoms with van der Waals surface area (Å²) in [5.74, 6) is -1.40.